The normalized spacial score (nSPS) is 12.1. The maximum absolute atomic E-state index is 13.1. The number of fused-ring (bicyclic) bond motifs is 1. The smallest absolute Gasteiger partial charge is 0.186 e. The Labute approximate surface area is 175 Å². The third kappa shape index (κ3) is 3.97. The molecule has 3 rings (SSSR count). The van der Waals surface area contributed by atoms with Gasteiger partial charge >= 0.3 is 0 Å². The maximum Gasteiger partial charge on any atom is 0.186 e. The molecule has 0 amide bonds. The molecule has 154 valence electrons. The molecule has 0 aliphatic rings. The van der Waals surface area contributed by atoms with Crippen LogP contribution in [0.25, 0.3) is 10.9 Å². The second kappa shape index (κ2) is 7.72. The summed E-state index contributed by atoms with van der Waals surface area (Å²) in [4.78, 5) is 4.49. The Morgan fingerprint density at radius 1 is 1.00 bits per heavy atom. The fourth-order valence-corrected chi connectivity index (χ4v) is 4.39. The van der Waals surface area contributed by atoms with E-state index >= 15 is 0 Å². The van der Waals surface area contributed by atoms with Crippen LogP contribution in [-0.2, 0) is 9.84 Å². The zero-order valence-electron chi connectivity index (χ0n) is 16.9. The summed E-state index contributed by atoms with van der Waals surface area (Å²) in [5.74, 6) is 0.804. The zero-order chi connectivity index (χ0) is 21.4. The van der Waals surface area contributed by atoms with Gasteiger partial charge in [-0.25, -0.2) is 8.42 Å². The Bertz CT molecular complexity index is 1170. The van der Waals surface area contributed by atoms with Gasteiger partial charge in [-0.3, -0.25) is 4.98 Å². The van der Waals surface area contributed by atoms with E-state index in [1.807, 2.05) is 6.07 Å². The fraction of sp³-hybridized carbons (Fsp3) is 0.286. The van der Waals surface area contributed by atoms with Gasteiger partial charge in [-0.1, -0.05) is 11.6 Å². The summed E-state index contributed by atoms with van der Waals surface area (Å²) in [6.45, 7) is 4.98. The Kier molecular flexibility index (Phi) is 5.65. The van der Waals surface area contributed by atoms with Crippen molar-refractivity contribution < 1.29 is 17.9 Å². The number of nitrogens with zero attached hydrogens (tertiary/aromatic N) is 1. The first-order chi connectivity index (χ1) is 13.6. The minimum atomic E-state index is -3.63. The van der Waals surface area contributed by atoms with Crippen LogP contribution < -0.4 is 14.8 Å². The van der Waals surface area contributed by atoms with Crippen LogP contribution in [0.3, 0.4) is 0 Å². The summed E-state index contributed by atoms with van der Waals surface area (Å²) in [5, 5.41) is 4.45. The highest BCUT2D eigenvalue weighted by molar-refractivity contribution is 7.92. The van der Waals surface area contributed by atoms with Gasteiger partial charge in [0.15, 0.2) is 9.84 Å². The summed E-state index contributed by atoms with van der Waals surface area (Å²) in [5.41, 5.74) is 2.06. The number of nitrogens with one attached hydrogen (secondary N) is 1. The number of anilines is 2. The number of aromatic nitrogens is 1. The lowest BCUT2D eigenvalue weighted by Gasteiger charge is -2.21. The van der Waals surface area contributed by atoms with Crippen molar-refractivity contribution in [2.24, 2.45) is 0 Å². The monoisotopic (exact) mass is 434 g/mol. The molecule has 1 N–H and O–H groups in total. The average molecular weight is 435 g/mol. The molecule has 0 saturated heterocycles. The molecular weight excluding hydrogens is 412 g/mol. The third-order valence-electron chi connectivity index (χ3n) is 4.55. The Morgan fingerprint density at radius 3 is 2.31 bits per heavy atom. The van der Waals surface area contributed by atoms with Gasteiger partial charge < -0.3 is 14.8 Å². The number of rotatable bonds is 5. The lowest BCUT2D eigenvalue weighted by atomic mass is 10.1. The van der Waals surface area contributed by atoms with E-state index in [4.69, 9.17) is 21.1 Å². The molecule has 1 heterocycles. The molecule has 6 nitrogen and oxygen atoms in total. The Morgan fingerprint density at radius 2 is 1.69 bits per heavy atom. The van der Waals surface area contributed by atoms with E-state index < -0.39 is 14.6 Å². The van der Waals surface area contributed by atoms with E-state index in [1.54, 1.807) is 64.4 Å². The molecule has 8 heteroatoms. The zero-order valence-corrected chi connectivity index (χ0v) is 18.5. The highest BCUT2D eigenvalue weighted by atomic mass is 35.5. The van der Waals surface area contributed by atoms with E-state index in [0.29, 0.717) is 27.4 Å². The third-order valence-corrected chi connectivity index (χ3v) is 7.38. The van der Waals surface area contributed by atoms with E-state index in [1.165, 1.54) is 7.11 Å². The van der Waals surface area contributed by atoms with Crippen LogP contribution in [-0.4, -0.2) is 32.4 Å². The van der Waals surface area contributed by atoms with Crippen molar-refractivity contribution in [2.45, 2.75) is 30.4 Å². The highest BCUT2D eigenvalue weighted by Gasteiger charge is 2.34. The van der Waals surface area contributed by atoms with Gasteiger partial charge in [-0.15, -0.1) is 0 Å². The minimum Gasteiger partial charge on any atom is -0.495 e. The number of methoxy groups -OCH3 is 2. The van der Waals surface area contributed by atoms with Gasteiger partial charge in [0, 0.05) is 35.1 Å². The summed E-state index contributed by atoms with van der Waals surface area (Å²) in [6, 6.07) is 10.3. The lowest BCUT2D eigenvalue weighted by Crippen LogP contribution is -2.28. The van der Waals surface area contributed by atoms with E-state index in [-0.39, 0.29) is 10.6 Å². The standard InChI is InChI=1S/C21H23ClN2O4S/c1-21(2,3)29(25,26)20-11-14-16(8-9-23-17(14)12-19(20)28-5)24-13-6-7-15(22)18(10-13)27-4/h6-12H,1-5H3,(H,23,24). The van der Waals surface area contributed by atoms with Crippen LogP contribution in [0.4, 0.5) is 11.4 Å². The second-order valence-corrected chi connectivity index (χ2v) is 10.5. The van der Waals surface area contributed by atoms with E-state index in [0.717, 1.165) is 5.69 Å². The van der Waals surface area contributed by atoms with Crippen molar-refractivity contribution >= 4 is 43.7 Å². The molecule has 3 aromatic rings. The van der Waals surface area contributed by atoms with Crippen molar-refractivity contribution in [2.75, 3.05) is 19.5 Å². The topological polar surface area (TPSA) is 77.5 Å². The summed E-state index contributed by atoms with van der Waals surface area (Å²) >= 11 is 6.10. The van der Waals surface area contributed by atoms with Gasteiger partial charge in [0.05, 0.1) is 29.5 Å². The molecule has 0 radical (unpaired) electrons. The number of pyridine rings is 1. The van der Waals surface area contributed by atoms with Crippen LogP contribution in [0.15, 0.2) is 47.5 Å². The van der Waals surface area contributed by atoms with Crippen LogP contribution >= 0.6 is 11.6 Å². The molecule has 0 aliphatic carbocycles. The highest BCUT2D eigenvalue weighted by Crippen LogP contribution is 2.38. The minimum absolute atomic E-state index is 0.129. The van der Waals surface area contributed by atoms with Crippen molar-refractivity contribution in [3.05, 3.63) is 47.6 Å². The molecule has 2 aromatic carbocycles. The predicted molar refractivity (Wildman–Crippen MR) is 117 cm³/mol. The first-order valence-electron chi connectivity index (χ1n) is 8.90. The number of hydrogen-bond donors (Lipinski definition) is 1. The number of halogens is 1. The maximum atomic E-state index is 13.1. The first kappa shape index (κ1) is 21.2. The number of benzene rings is 2. The van der Waals surface area contributed by atoms with E-state index in [2.05, 4.69) is 10.3 Å². The van der Waals surface area contributed by atoms with Gasteiger partial charge in [0.1, 0.15) is 16.4 Å². The molecule has 0 saturated carbocycles. The van der Waals surface area contributed by atoms with Crippen molar-refractivity contribution in [3.8, 4) is 11.5 Å². The quantitative estimate of drug-likeness (QED) is 0.593. The number of ether oxygens (including phenoxy) is 2. The largest absolute Gasteiger partial charge is 0.495 e. The predicted octanol–water partition coefficient (Wildman–Crippen LogP) is 5.22. The van der Waals surface area contributed by atoms with Gasteiger partial charge in [-0.2, -0.15) is 0 Å². The first-order valence-corrected chi connectivity index (χ1v) is 10.8. The molecule has 0 unspecified atom stereocenters. The van der Waals surface area contributed by atoms with Crippen molar-refractivity contribution in [1.29, 1.82) is 0 Å². The van der Waals surface area contributed by atoms with Gasteiger partial charge in [0.25, 0.3) is 0 Å². The Balaban J connectivity index is 2.19. The molecule has 0 fully saturated rings. The summed E-state index contributed by atoms with van der Waals surface area (Å²) in [7, 11) is -0.641. The van der Waals surface area contributed by atoms with Crippen LogP contribution in [0, 0.1) is 0 Å². The lowest BCUT2D eigenvalue weighted by molar-refractivity contribution is 0.402. The number of sulfone groups is 1. The van der Waals surface area contributed by atoms with Crippen LogP contribution in [0.5, 0.6) is 11.5 Å². The second-order valence-electron chi connectivity index (χ2n) is 7.47. The molecule has 0 aliphatic heterocycles. The van der Waals surface area contributed by atoms with Crippen LogP contribution in [0.2, 0.25) is 5.02 Å². The average Bonchev–Trinajstić information content (AvgIpc) is 2.67. The molecule has 0 spiro atoms. The molecular formula is C21H23ClN2O4S. The Hall–Kier alpha value is -2.51. The molecule has 1 aromatic heterocycles. The van der Waals surface area contributed by atoms with Crippen molar-refractivity contribution in [1.82, 2.24) is 4.98 Å². The fourth-order valence-electron chi connectivity index (χ4n) is 2.86. The van der Waals surface area contributed by atoms with Crippen LogP contribution in [0.1, 0.15) is 20.8 Å². The molecule has 0 atom stereocenters. The van der Waals surface area contributed by atoms with Crippen molar-refractivity contribution in [3.63, 3.8) is 0 Å². The summed E-state index contributed by atoms with van der Waals surface area (Å²) < 4.78 is 35.9. The SMILES string of the molecule is COc1cc(Nc2ccnc3cc(OC)c(S(=O)(=O)C(C)(C)C)cc23)ccc1Cl. The molecule has 0 bridgehead atoms. The number of hydrogen-bond acceptors (Lipinski definition) is 6. The van der Waals surface area contributed by atoms with E-state index in [9.17, 15) is 8.42 Å². The van der Waals surface area contributed by atoms with Gasteiger partial charge in [-0.05, 0) is 45.0 Å². The molecule has 29 heavy (non-hydrogen) atoms. The summed E-state index contributed by atoms with van der Waals surface area (Å²) in [6.07, 6.45) is 1.65. The van der Waals surface area contributed by atoms with Gasteiger partial charge in [0.2, 0.25) is 0 Å².